The zero-order valence-corrected chi connectivity index (χ0v) is 8.02. The third kappa shape index (κ3) is 3.46. The maximum atomic E-state index is 12.3. The molecule has 5 heteroatoms. The van der Waals surface area contributed by atoms with E-state index in [2.05, 4.69) is 0 Å². The largest absolute Gasteiger partial charge is 0.391 e. The van der Waals surface area contributed by atoms with Crippen molar-refractivity contribution in [1.29, 1.82) is 0 Å². The molecule has 1 rings (SSSR count). The normalized spacial score (nSPS) is 29.1. The fourth-order valence-electron chi connectivity index (χ4n) is 1.79. The molecular formula is C9H16F3NO. The Hall–Kier alpha value is -0.290. The second-order valence-electron chi connectivity index (χ2n) is 3.67. The van der Waals surface area contributed by atoms with E-state index in [-0.39, 0.29) is 18.9 Å². The highest BCUT2D eigenvalue weighted by Gasteiger charge is 2.41. The van der Waals surface area contributed by atoms with Crippen LogP contribution in [0.2, 0.25) is 0 Å². The summed E-state index contributed by atoms with van der Waals surface area (Å²) in [4.78, 5) is 0. The Morgan fingerprint density at radius 2 is 1.71 bits per heavy atom. The predicted octanol–water partition coefficient (Wildman–Crippen LogP) is 2.08. The highest BCUT2D eigenvalue weighted by atomic mass is 19.4. The molecule has 1 aliphatic carbocycles. The first kappa shape index (κ1) is 11.8. The van der Waals surface area contributed by atoms with E-state index in [9.17, 15) is 13.2 Å². The quantitative estimate of drug-likeness (QED) is 0.775. The molecule has 1 fully saturated rings. The minimum Gasteiger partial charge on any atom is -0.377 e. The summed E-state index contributed by atoms with van der Waals surface area (Å²) in [5.74, 6) is -1.12. The SMILES string of the molecule is NCCOC1CCC(C(F)(F)F)CC1. The molecule has 0 amide bonds. The van der Waals surface area contributed by atoms with Crippen molar-refractivity contribution in [3.05, 3.63) is 0 Å². The van der Waals surface area contributed by atoms with Crippen molar-refractivity contribution < 1.29 is 17.9 Å². The second-order valence-corrected chi connectivity index (χ2v) is 3.67. The molecule has 1 saturated carbocycles. The van der Waals surface area contributed by atoms with E-state index < -0.39 is 12.1 Å². The van der Waals surface area contributed by atoms with Crippen molar-refractivity contribution in [2.24, 2.45) is 11.7 Å². The maximum Gasteiger partial charge on any atom is 0.391 e. The van der Waals surface area contributed by atoms with Gasteiger partial charge in [0, 0.05) is 6.54 Å². The van der Waals surface area contributed by atoms with E-state index in [1.165, 1.54) is 0 Å². The average molecular weight is 211 g/mol. The van der Waals surface area contributed by atoms with Crippen LogP contribution in [0.4, 0.5) is 13.2 Å². The monoisotopic (exact) mass is 211 g/mol. The molecule has 0 saturated heterocycles. The Balaban J connectivity index is 2.24. The molecule has 0 aromatic rings. The fourth-order valence-corrected chi connectivity index (χ4v) is 1.79. The number of ether oxygens (including phenoxy) is 1. The lowest BCUT2D eigenvalue weighted by molar-refractivity contribution is -0.187. The van der Waals surface area contributed by atoms with Crippen LogP contribution in [-0.4, -0.2) is 25.4 Å². The van der Waals surface area contributed by atoms with Gasteiger partial charge < -0.3 is 10.5 Å². The van der Waals surface area contributed by atoms with Gasteiger partial charge in [0.05, 0.1) is 18.6 Å². The molecular weight excluding hydrogens is 195 g/mol. The Morgan fingerprint density at radius 3 is 2.14 bits per heavy atom. The fraction of sp³-hybridized carbons (Fsp3) is 1.00. The molecule has 0 unspecified atom stereocenters. The summed E-state index contributed by atoms with van der Waals surface area (Å²) >= 11 is 0. The van der Waals surface area contributed by atoms with Crippen LogP contribution in [-0.2, 0) is 4.74 Å². The highest BCUT2D eigenvalue weighted by molar-refractivity contribution is 4.77. The number of alkyl halides is 3. The molecule has 0 aromatic carbocycles. The van der Waals surface area contributed by atoms with Gasteiger partial charge in [-0.15, -0.1) is 0 Å². The number of hydrogen-bond acceptors (Lipinski definition) is 2. The molecule has 84 valence electrons. The van der Waals surface area contributed by atoms with Crippen molar-refractivity contribution in [3.63, 3.8) is 0 Å². The van der Waals surface area contributed by atoms with Crippen molar-refractivity contribution in [1.82, 2.24) is 0 Å². The van der Waals surface area contributed by atoms with Gasteiger partial charge in [0.25, 0.3) is 0 Å². The Bertz CT molecular complexity index is 164. The number of hydrogen-bond donors (Lipinski definition) is 1. The zero-order valence-electron chi connectivity index (χ0n) is 8.02. The molecule has 1 aliphatic rings. The van der Waals surface area contributed by atoms with Gasteiger partial charge in [-0.1, -0.05) is 0 Å². The van der Waals surface area contributed by atoms with Gasteiger partial charge in [0.2, 0.25) is 0 Å². The topological polar surface area (TPSA) is 35.2 Å². The Labute approximate surface area is 81.6 Å². The third-order valence-electron chi connectivity index (χ3n) is 2.61. The summed E-state index contributed by atoms with van der Waals surface area (Å²) in [7, 11) is 0. The van der Waals surface area contributed by atoms with Crippen LogP contribution in [0.3, 0.4) is 0 Å². The Kier molecular flexibility index (Phi) is 4.19. The lowest BCUT2D eigenvalue weighted by Crippen LogP contribution is -2.31. The third-order valence-corrected chi connectivity index (χ3v) is 2.61. The van der Waals surface area contributed by atoms with Crippen LogP contribution in [0.25, 0.3) is 0 Å². The molecule has 14 heavy (non-hydrogen) atoms. The van der Waals surface area contributed by atoms with E-state index in [1.807, 2.05) is 0 Å². The van der Waals surface area contributed by atoms with E-state index in [1.54, 1.807) is 0 Å². The average Bonchev–Trinajstić information content (AvgIpc) is 2.14. The molecule has 2 nitrogen and oxygen atoms in total. The van der Waals surface area contributed by atoms with Gasteiger partial charge in [-0.3, -0.25) is 0 Å². The van der Waals surface area contributed by atoms with E-state index in [0.29, 0.717) is 26.0 Å². The van der Waals surface area contributed by atoms with E-state index in [4.69, 9.17) is 10.5 Å². The summed E-state index contributed by atoms with van der Waals surface area (Å²) in [5.41, 5.74) is 5.24. The van der Waals surface area contributed by atoms with Gasteiger partial charge in [-0.25, -0.2) is 0 Å². The first-order valence-electron chi connectivity index (χ1n) is 4.92. The summed E-state index contributed by atoms with van der Waals surface area (Å²) < 4.78 is 42.1. The molecule has 0 spiro atoms. The smallest absolute Gasteiger partial charge is 0.377 e. The molecule has 0 radical (unpaired) electrons. The number of halogens is 3. The highest BCUT2D eigenvalue weighted by Crippen LogP contribution is 2.38. The minimum atomic E-state index is -4.03. The summed E-state index contributed by atoms with van der Waals surface area (Å²) in [6.07, 6.45) is -2.65. The van der Waals surface area contributed by atoms with Crippen LogP contribution in [0.1, 0.15) is 25.7 Å². The van der Waals surface area contributed by atoms with Crippen LogP contribution in [0.5, 0.6) is 0 Å². The van der Waals surface area contributed by atoms with Crippen LogP contribution in [0, 0.1) is 5.92 Å². The number of nitrogens with two attached hydrogens (primary N) is 1. The number of rotatable bonds is 3. The first-order chi connectivity index (χ1) is 6.54. The van der Waals surface area contributed by atoms with Gasteiger partial charge in [-0.2, -0.15) is 13.2 Å². The van der Waals surface area contributed by atoms with E-state index >= 15 is 0 Å². The van der Waals surface area contributed by atoms with Crippen molar-refractivity contribution >= 4 is 0 Å². The van der Waals surface area contributed by atoms with E-state index in [0.717, 1.165) is 0 Å². The molecule has 0 atom stereocenters. The first-order valence-corrected chi connectivity index (χ1v) is 4.92. The summed E-state index contributed by atoms with van der Waals surface area (Å²) in [6, 6.07) is 0. The molecule has 2 N–H and O–H groups in total. The van der Waals surface area contributed by atoms with Crippen molar-refractivity contribution in [3.8, 4) is 0 Å². The molecule has 0 bridgehead atoms. The summed E-state index contributed by atoms with van der Waals surface area (Å²) in [5, 5.41) is 0. The van der Waals surface area contributed by atoms with Crippen molar-refractivity contribution in [2.75, 3.05) is 13.2 Å². The Morgan fingerprint density at radius 1 is 1.14 bits per heavy atom. The maximum absolute atomic E-state index is 12.3. The minimum absolute atomic E-state index is 0.0165. The predicted molar refractivity (Wildman–Crippen MR) is 46.8 cm³/mol. The zero-order chi connectivity index (χ0) is 10.6. The lowest BCUT2D eigenvalue weighted by Gasteiger charge is -2.29. The van der Waals surface area contributed by atoms with Gasteiger partial charge >= 0.3 is 6.18 Å². The lowest BCUT2D eigenvalue weighted by atomic mass is 9.87. The van der Waals surface area contributed by atoms with Gasteiger partial charge in [-0.05, 0) is 25.7 Å². The molecule has 0 heterocycles. The summed E-state index contributed by atoms with van der Waals surface area (Å²) in [6.45, 7) is 0.876. The van der Waals surface area contributed by atoms with Crippen LogP contribution < -0.4 is 5.73 Å². The molecule has 0 aromatic heterocycles. The molecule has 0 aliphatic heterocycles. The van der Waals surface area contributed by atoms with Crippen LogP contribution in [0.15, 0.2) is 0 Å². The second kappa shape index (κ2) is 4.98. The standard InChI is InChI=1S/C9H16F3NO/c10-9(11,12)7-1-3-8(4-2-7)14-6-5-13/h7-8H,1-6,13H2. The van der Waals surface area contributed by atoms with Crippen LogP contribution >= 0.6 is 0 Å². The van der Waals surface area contributed by atoms with Gasteiger partial charge in [0.15, 0.2) is 0 Å². The van der Waals surface area contributed by atoms with Gasteiger partial charge in [0.1, 0.15) is 0 Å². The van der Waals surface area contributed by atoms with Crippen molar-refractivity contribution in [2.45, 2.75) is 38.0 Å².